The lowest BCUT2D eigenvalue weighted by Gasteiger charge is -2.16. The molecule has 0 fully saturated rings. The summed E-state index contributed by atoms with van der Waals surface area (Å²) in [7, 11) is 0. The fourth-order valence-corrected chi connectivity index (χ4v) is 1.95. The Balaban J connectivity index is 2.46. The topological polar surface area (TPSA) is 20.2 Å². The number of benzene rings is 1. The molecule has 16 heavy (non-hydrogen) atoms. The zero-order chi connectivity index (χ0) is 11.5. The molecule has 1 nitrogen and oxygen atoms in total. The minimum atomic E-state index is 0.314. The SMILES string of the molecule is CC(C)=C1CC=CC=C1c1ccc(O)cc1. The predicted molar refractivity (Wildman–Crippen MR) is 68.2 cm³/mol. The van der Waals surface area contributed by atoms with E-state index >= 15 is 0 Å². The summed E-state index contributed by atoms with van der Waals surface area (Å²) in [5.74, 6) is 0.314. The Morgan fingerprint density at radius 2 is 1.81 bits per heavy atom. The summed E-state index contributed by atoms with van der Waals surface area (Å²) in [6.07, 6.45) is 7.40. The lowest BCUT2D eigenvalue weighted by Crippen LogP contribution is -1.95. The molecule has 82 valence electrons. The van der Waals surface area contributed by atoms with Crippen LogP contribution in [0.15, 0.2) is 53.6 Å². The van der Waals surface area contributed by atoms with Crippen LogP contribution < -0.4 is 0 Å². The van der Waals surface area contributed by atoms with Crippen molar-refractivity contribution in [3.05, 3.63) is 59.2 Å². The molecule has 0 saturated carbocycles. The summed E-state index contributed by atoms with van der Waals surface area (Å²) in [4.78, 5) is 0. The van der Waals surface area contributed by atoms with Crippen molar-refractivity contribution in [1.29, 1.82) is 0 Å². The first kappa shape index (κ1) is 10.7. The van der Waals surface area contributed by atoms with Crippen LogP contribution in [-0.4, -0.2) is 5.11 Å². The van der Waals surface area contributed by atoms with Gasteiger partial charge in [0.05, 0.1) is 0 Å². The molecule has 0 amide bonds. The van der Waals surface area contributed by atoms with E-state index in [1.165, 1.54) is 22.3 Å². The van der Waals surface area contributed by atoms with Gasteiger partial charge < -0.3 is 5.11 Å². The minimum absolute atomic E-state index is 0.314. The van der Waals surface area contributed by atoms with Crippen LogP contribution in [0.3, 0.4) is 0 Å². The molecule has 0 aromatic heterocycles. The van der Waals surface area contributed by atoms with Gasteiger partial charge in [0.2, 0.25) is 0 Å². The van der Waals surface area contributed by atoms with Crippen LogP contribution in [0.25, 0.3) is 5.57 Å². The summed E-state index contributed by atoms with van der Waals surface area (Å²) in [6, 6.07) is 7.39. The molecule has 0 unspecified atom stereocenters. The van der Waals surface area contributed by atoms with Crippen molar-refractivity contribution < 1.29 is 5.11 Å². The van der Waals surface area contributed by atoms with Gasteiger partial charge in [-0.05, 0) is 49.1 Å². The fourth-order valence-electron chi connectivity index (χ4n) is 1.95. The van der Waals surface area contributed by atoms with Crippen LogP contribution >= 0.6 is 0 Å². The van der Waals surface area contributed by atoms with Gasteiger partial charge in [-0.15, -0.1) is 0 Å². The highest BCUT2D eigenvalue weighted by molar-refractivity contribution is 5.82. The van der Waals surface area contributed by atoms with E-state index in [-0.39, 0.29) is 0 Å². The zero-order valence-electron chi connectivity index (χ0n) is 9.70. The van der Waals surface area contributed by atoms with Gasteiger partial charge in [0.15, 0.2) is 0 Å². The van der Waals surface area contributed by atoms with Crippen LogP contribution in [0.5, 0.6) is 5.75 Å². The molecule has 1 heteroatoms. The van der Waals surface area contributed by atoms with E-state index < -0.39 is 0 Å². The highest BCUT2D eigenvalue weighted by Gasteiger charge is 2.10. The first-order chi connectivity index (χ1) is 7.68. The Kier molecular flexibility index (Phi) is 2.95. The summed E-state index contributed by atoms with van der Waals surface area (Å²) in [5, 5.41) is 9.28. The molecule has 0 spiro atoms. The van der Waals surface area contributed by atoms with Crippen LogP contribution in [0, 0.1) is 0 Å². The van der Waals surface area contributed by atoms with Gasteiger partial charge in [-0.2, -0.15) is 0 Å². The summed E-state index contributed by atoms with van der Waals surface area (Å²) < 4.78 is 0. The smallest absolute Gasteiger partial charge is 0.115 e. The zero-order valence-corrected chi connectivity index (χ0v) is 9.70. The molecule has 1 aliphatic rings. The average molecular weight is 212 g/mol. The van der Waals surface area contributed by atoms with E-state index in [2.05, 4.69) is 32.1 Å². The summed E-state index contributed by atoms with van der Waals surface area (Å²) in [5.41, 5.74) is 5.16. The van der Waals surface area contributed by atoms with Crippen LogP contribution in [0.4, 0.5) is 0 Å². The average Bonchev–Trinajstić information content (AvgIpc) is 2.30. The second kappa shape index (κ2) is 4.40. The van der Waals surface area contributed by atoms with Crippen LogP contribution in [0.2, 0.25) is 0 Å². The number of aromatic hydroxyl groups is 1. The lowest BCUT2D eigenvalue weighted by atomic mass is 9.89. The third-order valence-electron chi connectivity index (χ3n) is 2.83. The number of rotatable bonds is 1. The Labute approximate surface area is 96.4 Å². The maximum Gasteiger partial charge on any atom is 0.115 e. The second-order valence-electron chi connectivity index (χ2n) is 4.24. The molecule has 2 rings (SSSR count). The molecule has 0 radical (unpaired) electrons. The van der Waals surface area contributed by atoms with Crippen molar-refractivity contribution in [3.8, 4) is 5.75 Å². The largest absolute Gasteiger partial charge is 0.508 e. The number of hydrogen-bond acceptors (Lipinski definition) is 1. The molecule has 0 saturated heterocycles. The van der Waals surface area contributed by atoms with Crippen molar-refractivity contribution >= 4 is 5.57 Å². The molecule has 0 heterocycles. The Morgan fingerprint density at radius 1 is 1.12 bits per heavy atom. The van der Waals surface area contributed by atoms with Crippen molar-refractivity contribution in [3.63, 3.8) is 0 Å². The Bertz CT molecular complexity index is 469. The molecular formula is C15H16O. The minimum Gasteiger partial charge on any atom is -0.508 e. The van der Waals surface area contributed by atoms with E-state index in [0.717, 1.165) is 6.42 Å². The molecule has 1 aromatic carbocycles. The van der Waals surface area contributed by atoms with E-state index in [0.29, 0.717) is 5.75 Å². The molecule has 0 aliphatic heterocycles. The van der Waals surface area contributed by atoms with E-state index in [4.69, 9.17) is 0 Å². The molecule has 0 bridgehead atoms. The number of hydrogen-bond donors (Lipinski definition) is 1. The monoisotopic (exact) mass is 212 g/mol. The Morgan fingerprint density at radius 3 is 2.44 bits per heavy atom. The van der Waals surface area contributed by atoms with Gasteiger partial charge in [-0.25, -0.2) is 0 Å². The maximum absolute atomic E-state index is 9.28. The molecule has 1 N–H and O–H groups in total. The number of phenolic OH excluding ortho intramolecular Hbond substituents is 1. The number of allylic oxidation sites excluding steroid dienone is 6. The van der Waals surface area contributed by atoms with Crippen molar-refractivity contribution in [1.82, 2.24) is 0 Å². The first-order valence-corrected chi connectivity index (χ1v) is 5.51. The van der Waals surface area contributed by atoms with Crippen molar-refractivity contribution in [2.24, 2.45) is 0 Å². The predicted octanol–water partition coefficient (Wildman–Crippen LogP) is 4.07. The van der Waals surface area contributed by atoms with Gasteiger partial charge in [0.25, 0.3) is 0 Å². The third kappa shape index (κ3) is 2.08. The van der Waals surface area contributed by atoms with Crippen LogP contribution in [-0.2, 0) is 0 Å². The molecule has 1 aliphatic carbocycles. The standard InChI is InChI=1S/C15H16O/c1-11(2)14-5-3-4-6-15(14)12-7-9-13(16)10-8-12/h3-4,6-10,16H,5H2,1-2H3. The normalized spacial score (nSPS) is 14.9. The summed E-state index contributed by atoms with van der Waals surface area (Å²) >= 11 is 0. The molecule has 0 atom stereocenters. The molecule has 1 aromatic rings. The van der Waals surface area contributed by atoms with E-state index in [1.807, 2.05) is 12.1 Å². The maximum atomic E-state index is 9.28. The van der Waals surface area contributed by atoms with Gasteiger partial charge in [0, 0.05) is 0 Å². The van der Waals surface area contributed by atoms with Gasteiger partial charge in [-0.3, -0.25) is 0 Å². The fraction of sp³-hybridized carbons (Fsp3) is 0.200. The van der Waals surface area contributed by atoms with E-state index in [9.17, 15) is 5.11 Å². The van der Waals surface area contributed by atoms with Crippen molar-refractivity contribution in [2.75, 3.05) is 0 Å². The summed E-state index contributed by atoms with van der Waals surface area (Å²) in [6.45, 7) is 4.28. The quantitative estimate of drug-likeness (QED) is 0.744. The van der Waals surface area contributed by atoms with E-state index in [1.54, 1.807) is 12.1 Å². The van der Waals surface area contributed by atoms with Crippen molar-refractivity contribution in [2.45, 2.75) is 20.3 Å². The second-order valence-corrected chi connectivity index (χ2v) is 4.24. The first-order valence-electron chi connectivity index (χ1n) is 5.51. The highest BCUT2D eigenvalue weighted by Crippen LogP contribution is 2.31. The highest BCUT2D eigenvalue weighted by atomic mass is 16.3. The Hall–Kier alpha value is -1.76. The third-order valence-corrected chi connectivity index (χ3v) is 2.83. The van der Waals surface area contributed by atoms with Gasteiger partial charge in [0.1, 0.15) is 5.75 Å². The molecular weight excluding hydrogens is 196 g/mol. The van der Waals surface area contributed by atoms with Gasteiger partial charge >= 0.3 is 0 Å². The lowest BCUT2D eigenvalue weighted by molar-refractivity contribution is 0.475. The van der Waals surface area contributed by atoms with Gasteiger partial charge in [-0.1, -0.05) is 35.9 Å². The number of phenols is 1. The van der Waals surface area contributed by atoms with Crippen LogP contribution in [0.1, 0.15) is 25.8 Å².